The predicted molar refractivity (Wildman–Crippen MR) is 119 cm³/mol. The van der Waals surface area contributed by atoms with E-state index in [2.05, 4.69) is 58.2 Å². The highest BCUT2D eigenvalue weighted by Crippen LogP contribution is 2.17. The van der Waals surface area contributed by atoms with Gasteiger partial charge in [-0.3, -0.25) is 9.69 Å². The largest absolute Gasteiger partial charge is 0.355 e. The molecule has 1 heterocycles. The molecule has 1 unspecified atom stereocenters. The van der Waals surface area contributed by atoms with Gasteiger partial charge < -0.3 is 15.1 Å². The maximum absolute atomic E-state index is 12.0. The van der Waals surface area contributed by atoms with Gasteiger partial charge in [0.05, 0.1) is 0 Å². The second kappa shape index (κ2) is 12.0. The normalized spacial score (nSPS) is 17.2. The molecule has 28 heavy (non-hydrogen) atoms. The Morgan fingerprint density at radius 1 is 1.25 bits per heavy atom. The Labute approximate surface area is 174 Å². The van der Waals surface area contributed by atoms with E-state index in [4.69, 9.17) is 0 Å². The molecule has 1 atom stereocenters. The van der Waals surface area contributed by atoms with Gasteiger partial charge in [-0.25, -0.2) is 4.99 Å². The van der Waals surface area contributed by atoms with Gasteiger partial charge in [0.25, 0.3) is 0 Å². The zero-order chi connectivity index (χ0) is 20.4. The highest BCUT2D eigenvalue weighted by Gasteiger charge is 2.28. The molecular formula is C21H35N5OS. The van der Waals surface area contributed by atoms with Crippen LogP contribution in [0.1, 0.15) is 20.3 Å². The number of thioether (sulfide) groups is 1. The third-order valence-electron chi connectivity index (χ3n) is 5.05. The van der Waals surface area contributed by atoms with E-state index in [1.165, 1.54) is 4.90 Å². The van der Waals surface area contributed by atoms with Crippen LogP contribution in [0.4, 0.5) is 0 Å². The zero-order valence-corrected chi connectivity index (χ0v) is 18.5. The number of aliphatic imine (C=N–C) groups is 1. The van der Waals surface area contributed by atoms with Crippen molar-refractivity contribution < 1.29 is 4.79 Å². The van der Waals surface area contributed by atoms with Crippen molar-refractivity contribution >= 4 is 23.6 Å². The van der Waals surface area contributed by atoms with Crippen LogP contribution in [0, 0.1) is 0 Å². The first-order valence-electron chi connectivity index (χ1n) is 10.2. The van der Waals surface area contributed by atoms with Crippen molar-refractivity contribution in [3.63, 3.8) is 0 Å². The lowest BCUT2D eigenvalue weighted by Gasteiger charge is -2.27. The highest BCUT2D eigenvalue weighted by molar-refractivity contribution is 7.99. The van der Waals surface area contributed by atoms with Crippen molar-refractivity contribution in [1.82, 2.24) is 20.0 Å². The molecule has 6 nitrogen and oxygen atoms in total. The summed E-state index contributed by atoms with van der Waals surface area (Å²) in [5.41, 5.74) is 0. The van der Waals surface area contributed by atoms with Crippen LogP contribution < -0.4 is 5.32 Å². The standard InChI is InChI=1S/C21H35N5OS/c1-5-25(6-2)18-12-14-26(17-18)21(23-16-20(27)24(3)4)22-13-15-28-19-10-8-7-9-11-19/h7-11,18H,5-6,12-17H2,1-4H3,(H,22,23). The number of amides is 1. The van der Waals surface area contributed by atoms with Crippen LogP contribution in [0.3, 0.4) is 0 Å². The molecule has 0 spiro atoms. The molecule has 0 aliphatic carbocycles. The Kier molecular flexibility index (Phi) is 9.64. The van der Waals surface area contributed by atoms with Crippen LogP contribution in [0.2, 0.25) is 0 Å². The Morgan fingerprint density at radius 3 is 2.61 bits per heavy atom. The third-order valence-corrected chi connectivity index (χ3v) is 6.07. The van der Waals surface area contributed by atoms with Crippen molar-refractivity contribution in [2.75, 3.05) is 59.1 Å². The van der Waals surface area contributed by atoms with E-state index in [0.717, 1.165) is 50.9 Å². The van der Waals surface area contributed by atoms with Gasteiger partial charge >= 0.3 is 0 Å². The van der Waals surface area contributed by atoms with Gasteiger partial charge in [0.1, 0.15) is 6.54 Å². The Morgan fingerprint density at radius 2 is 1.96 bits per heavy atom. The van der Waals surface area contributed by atoms with Gasteiger partial charge in [0.15, 0.2) is 5.96 Å². The van der Waals surface area contributed by atoms with Gasteiger partial charge in [-0.05, 0) is 31.6 Å². The molecule has 0 radical (unpaired) electrons. The molecule has 1 fully saturated rings. The topological polar surface area (TPSA) is 51.2 Å². The third kappa shape index (κ3) is 7.02. The number of nitrogens with zero attached hydrogens (tertiary/aromatic N) is 4. The molecule has 0 saturated carbocycles. The van der Waals surface area contributed by atoms with Crippen molar-refractivity contribution in [1.29, 1.82) is 0 Å². The fraction of sp³-hybridized carbons (Fsp3) is 0.619. The number of nitrogens with one attached hydrogen (secondary N) is 1. The monoisotopic (exact) mass is 405 g/mol. The van der Waals surface area contributed by atoms with E-state index < -0.39 is 0 Å². The van der Waals surface area contributed by atoms with Gasteiger partial charge in [0.2, 0.25) is 5.91 Å². The SMILES string of the molecule is CCN(CC)C1CCN(C(=NCC(=O)N(C)C)NCCSc2ccccc2)C1. The lowest BCUT2D eigenvalue weighted by Crippen LogP contribution is -2.44. The minimum Gasteiger partial charge on any atom is -0.355 e. The minimum atomic E-state index is 0.0254. The Balaban J connectivity index is 1.93. The van der Waals surface area contributed by atoms with Gasteiger partial charge in [-0.2, -0.15) is 0 Å². The van der Waals surface area contributed by atoms with Crippen LogP contribution in [0.15, 0.2) is 40.2 Å². The first-order valence-corrected chi connectivity index (χ1v) is 11.2. The number of hydrogen-bond acceptors (Lipinski definition) is 4. The smallest absolute Gasteiger partial charge is 0.243 e. The van der Waals surface area contributed by atoms with Crippen molar-refractivity contribution in [3.8, 4) is 0 Å². The van der Waals surface area contributed by atoms with Crippen LogP contribution in [0.25, 0.3) is 0 Å². The summed E-state index contributed by atoms with van der Waals surface area (Å²) < 4.78 is 0. The lowest BCUT2D eigenvalue weighted by atomic mass is 10.2. The van der Waals surface area contributed by atoms with Gasteiger partial charge in [0, 0.05) is 50.4 Å². The summed E-state index contributed by atoms with van der Waals surface area (Å²) >= 11 is 1.83. The fourth-order valence-corrected chi connectivity index (χ4v) is 4.16. The van der Waals surface area contributed by atoms with Crippen LogP contribution in [-0.2, 0) is 4.79 Å². The first-order chi connectivity index (χ1) is 13.5. The molecule has 7 heteroatoms. The van der Waals surface area contributed by atoms with E-state index in [1.807, 2.05) is 17.8 Å². The summed E-state index contributed by atoms with van der Waals surface area (Å²) in [6, 6.07) is 11.0. The molecule has 1 aromatic rings. The van der Waals surface area contributed by atoms with Gasteiger partial charge in [-0.15, -0.1) is 11.8 Å². The minimum absolute atomic E-state index is 0.0254. The molecule has 1 aliphatic rings. The van der Waals surface area contributed by atoms with Crippen molar-refractivity contribution in [2.45, 2.75) is 31.2 Å². The van der Waals surface area contributed by atoms with E-state index in [9.17, 15) is 4.79 Å². The van der Waals surface area contributed by atoms with Crippen LogP contribution in [-0.4, -0.2) is 91.7 Å². The average molecular weight is 406 g/mol. The molecule has 1 amide bonds. The van der Waals surface area contributed by atoms with Crippen molar-refractivity contribution in [2.24, 2.45) is 4.99 Å². The number of rotatable bonds is 9. The van der Waals surface area contributed by atoms with Crippen molar-refractivity contribution in [3.05, 3.63) is 30.3 Å². The number of carbonyl (C=O) groups excluding carboxylic acids is 1. The molecule has 156 valence electrons. The fourth-order valence-electron chi connectivity index (χ4n) is 3.37. The molecule has 0 aromatic heterocycles. The Hall–Kier alpha value is -1.73. The highest BCUT2D eigenvalue weighted by atomic mass is 32.2. The molecule has 2 rings (SSSR count). The average Bonchev–Trinajstić information content (AvgIpc) is 3.18. The maximum atomic E-state index is 12.0. The summed E-state index contributed by atoms with van der Waals surface area (Å²) in [5.74, 6) is 1.84. The molecule has 0 bridgehead atoms. The number of carbonyl (C=O) groups is 1. The summed E-state index contributed by atoms with van der Waals surface area (Å²) in [6.07, 6.45) is 1.14. The Bertz CT molecular complexity index is 618. The maximum Gasteiger partial charge on any atom is 0.243 e. The number of likely N-dealkylation sites (N-methyl/N-ethyl adjacent to an activating group) is 2. The summed E-state index contributed by atoms with van der Waals surface area (Å²) in [7, 11) is 3.54. The number of benzene rings is 1. The molecule has 1 N–H and O–H groups in total. The quantitative estimate of drug-likeness (QED) is 0.296. The molecule has 1 aliphatic heterocycles. The predicted octanol–water partition coefficient (Wildman–Crippen LogP) is 2.23. The lowest BCUT2D eigenvalue weighted by molar-refractivity contribution is -0.127. The van der Waals surface area contributed by atoms with E-state index in [0.29, 0.717) is 6.04 Å². The molecule has 1 aromatic carbocycles. The number of hydrogen-bond donors (Lipinski definition) is 1. The molecular weight excluding hydrogens is 370 g/mol. The zero-order valence-electron chi connectivity index (χ0n) is 17.7. The van der Waals surface area contributed by atoms with Crippen LogP contribution >= 0.6 is 11.8 Å². The first kappa shape index (κ1) is 22.6. The summed E-state index contributed by atoms with van der Waals surface area (Å²) in [4.78, 5) is 24.3. The second-order valence-corrected chi connectivity index (χ2v) is 8.29. The number of guanidine groups is 1. The molecule has 1 saturated heterocycles. The second-order valence-electron chi connectivity index (χ2n) is 7.13. The summed E-state index contributed by atoms with van der Waals surface area (Å²) in [6.45, 7) is 9.54. The van der Waals surface area contributed by atoms with Gasteiger partial charge in [-0.1, -0.05) is 32.0 Å². The van der Waals surface area contributed by atoms with E-state index in [1.54, 1.807) is 19.0 Å². The van der Waals surface area contributed by atoms with Crippen LogP contribution in [0.5, 0.6) is 0 Å². The van der Waals surface area contributed by atoms with E-state index in [-0.39, 0.29) is 12.5 Å². The number of likely N-dealkylation sites (tertiary alicyclic amines) is 1. The summed E-state index contributed by atoms with van der Waals surface area (Å²) in [5, 5.41) is 3.49. The van der Waals surface area contributed by atoms with E-state index >= 15 is 0 Å².